The zero-order valence-electron chi connectivity index (χ0n) is 12.8. The lowest BCUT2D eigenvalue weighted by atomic mass is 10.2. The fourth-order valence-electron chi connectivity index (χ4n) is 1.91. The highest BCUT2D eigenvalue weighted by atomic mass is 16.5. The molecule has 0 fully saturated rings. The summed E-state index contributed by atoms with van der Waals surface area (Å²) in [6.45, 7) is 4.62. The predicted octanol–water partition coefficient (Wildman–Crippen LogP) is 3.18. The number of amides is 1. The smallest absolute Gasteiger partial charge is 0.305 e. The van der Waals surface area contributed by atoms with E-state index in [1.807, 2.05) is 31.2 Å². The van der Waals surface area contributed by atoms with Crippen LogP contribution in [-0.4, -0.2) is 25.0 Å². The standard InChI is InChI=1S/C16H24N2O3/c1-3-21-16(20)7-5-4-6-12-17-14-8-10-15(11-9-14)18-13(2)19/h8-11,17H,3-7,12H2,1-2H3,(H,18,19). The zero-order valence-corrected chi connectivity index (χ0v) is 12.8. The van der Waals surface area contributed by atoms with Crippen LogP contribution in [0, 0.1) is 0 Å². The lowest BCUT2D eigenvalue weighted by molar-refractivity contribution is -0.143. The van der Waals surface area contributed by atoms with Crippen LogP contribution in [0.2, 0.25) is 0 Å². The van der Waals surface area contributed by atoms with Gasteiger partial charge in [-0.25, -0.2) is 0 Å². The zero-order chi connectivity index (χ0) is 15.5. The van der Waals surface area contributed by atoms with E-state index in [0.717, 1.165) is 37.2 Å². The Bertz CT molecular complexity index is 443. The summed E-state index contributed by atoms with van der Waals surface area (Å²) in [5.74, 6) is -0.184. The van der Waals surface area contributed by atoms with Gasteiger partial charge in [-0.3, -0.25) is 9.59 Å². The summed E-state index contributed by atoms with van der Waals surface area (Å²) in [4.78, 5) is 22.0. The second-order valence-electron chi connectivity index (χ2n) is 4.80. The first-order valence-electron chi connectivity index (χ1n) is 7.39. The summed E-state index contributed by atoms with van der Waals surface area (Å²) in [5, 5.41) is 6.04. The van der Waals surface area contributed by atoms with E-state index in [1.165, 1.54) is 6.92 Å². The van der Waals surface area contributed by atoms with Gasteiger partial charge in [0, 0.05) is 31.3 Å². The van der Waals surface area contributed by atoms with Crippen molar-refractivity contribution in [2.45, 2.75) is 39.5 Å². The largest absolute Gasteiger partial charge is 0.466 e. The number of hydrogen-bond acceptors (Lipinski definition) is 4. The molecule has 0 bridgehead atoms. The molecule has 0 saturated carbocycles. The molecule has 0 heterocycles. The van der Waals surface area contributed by atoms with Crippen LogP contribution in [0.3, 0.4) is 0 Å². The van der Waals surface area contributed by atoms with Crippen LogP contribution in [0.25, 0.3) is 0 Å². The average molecular weight is 292 g/mol. The number of carbonyl (C=O) groups excluding carboxylic acids is 2. The average Bonchev–Trinajstić information content (AvgIpc) is 2.44. The molecule has 1 aromatic carbocycles. The normalized spacial score (nSPS) is 10.0. The molecule has 1 amide bonds. The highest BCUT2D eigenvalue weighted by molar-refractivity contribution is 5.88. The van der Waals surface area contributed by atoms with Gasteiger partial charge in [0.15, 0.2) is 0 Å². The number of benzene rings is 1. The van der Waals surface area contributed by atoms with Crippen molar-refractivity contribution in [3.63, 3.8) is 0 Å². The topological polar surface area (TPSA) is 67.4 Å². The Morgan fingerprint density at radius 3 is 2.33 bits per heavy atom. The molecule has 1 aromatic rings. The monoisotopic (exact) mass is 292 g/mol. The lowest BCUT2D eigenvalue weighted by Gasteiger charge is -2.08. The molecule has 0 spiro atoms. The van der Waals surface area contributed by atoms with Crippen LogP contribution in [0.1, 0.15) is 39.5 Å². The minimum Gasteiger partial charge on any atom is -0.466 e. The van der Waals surface area contributed by atoms with Gasteiger partial charge in [0.25, 0.3) is 0 Å². The maximum atomic E-state index is 11.1. The van der Waals surface area contributed by atoms with Gasteiger partial charge in [-0.15, -0.1) is 0 Å². The molecule has 1 rings (SSSR count). The van der Waals surface area contributed by atoms with Crippen LogP contribution < -0.4 is 10.6 Å². The van der Waals surface area contributed by atoms with Crippen LogP contribution in [0.4, 0.5) is 11.4 Å². The molecule has 0 aromatic heterocycles. The number of unbranched alkanes of at least 4 members (excludes halogenated alkanes) is 2. The molecule has 116 valence electrons. The van der Waals surface area contributed by atoms with Gasteiger partial charge in [0.1, 0.15) is 0 Å². The van der Waals surface area contributed by atoms with Crippen LogP contribution in [0.5, 0.6) is 0 Å². The maximum absolute atomic E-state index is 11.1. The van der Waals surface area contributed by atoms with Crippen molar-refractivity contribution in [2.75, 3.05) is 23.8 Å². The Balaban J connectivity index is 2.12. The van der Waals surface area contributed by atoms with Crippen LogP contribution in [0.15, 0.2) is 24.3 Å². The molecule has 21 heavy (non-hydrogen) atoms. The molecule has 0 unspecified atom stereocenters. The predicted molar refractivity (Wildman–Crippen MR) is 84.3 cm³/mol. The maximum Gasteiger partial charge on any atom is 0.305 e. The van der Waals surface area contributed by atoms with E-state index in [1.54, 1.807) is 0 Å². The number of hydrogen-bond donors (Lipinski definition) is 2. The number of esters is 1. The van der Waals surface area contributed by atoms with Crippen LogP contribution in [-0.2, 0) is 14.3 Å². The SMILES string of the molecule is CCOC(=O)CCCCCNc1ccc(NC(C)=O)cc1. The van der Waals surface area contributed by atoms with Gasteiger partial charge >= 0.3 is 5.97 Å². The second kappa shape index (κ2) is 9.80. The lowest BCUT2D eigenvalue weighted by Crippen LogP contribution is -2.06. The quantitative estimate of drug-likeness (QED) is 0.542. The van der Waals surface area contributed by atoms with Crippen molar-refractivity contribution >= 4 is 23.3 Å². The van der Waals surface area contributed by atoms with Gasteiger partial charge in [-0.05, 0) is 44.0 Å². The molecule has 2 N–H and O–H groups in total. The van der Waals surface area contributed by atoms with Gasteiger partial charge in [-0.1, -0.05) is 6.42 Å². The molecule has 0 aliphatic rings. The van der Waals surface area contributed by atoms with E-state index in [2.05, 4.69) is 10.6 Å². The molecule has 0 atom stereocenters. The van der Waals surface area contributed by atoms with Crippen molar-refractivity contribution in [3.8, 4) is 0 Å². The summed E-state index contributed by atoms with van der Waals surface area (Å²) in [6, 6.07) is 7.60. The molecule has 0 aliphatic carbocycles. The second-order valence-corrected chi connectivity index (χ2v) is 4.80. The fourth-order valence-corrected chi connectivity index (χ4v) is 1.91. The Hall–Kier alpha value is -2.04. The number of ether oxygens (including phenoxy) is 1. The van der Waals surface area contributed by atoms with E-state index in [4.69, 9.17) is 4.74 Å². The number of rotatable bonds is 9. The molecular weight excluding hydrogens is 268 g/mol. The Labute approximate surface area is 126 Å². The third kappa shape index (κ3) is 7.97. The third-order valence-electron chi connectivity index (χ3n) is 2.90. The van der Waals surface area contributed by atoms with Crippen molar-refractivity contribution in [1.82, 2.24) is 0 Å². The van der Waals surface area contributed by atoms with E-state index in [-0.39, 0.29) is 11.9 Å². The van der Waals surface area contributed by atoms with E-state index < -0.39 is 0 Å². The van der Waals surface area contributed by atoms with Gasteiger partial charge in [0.2, 0.25) is 5.91 Å². The first-order chi connectivity index (χ1) is 10.1. The Morgan fingerprint density at radius 1 is 1.05 bits per heavy atom. The Kier molecular flexibility index (Phi) is 7.94. The van der Waals surface area contributed by atoms with Crippen molar-refractivity contribution in [1.29, 1.82) is 0 Å². The van der Waals surface area contributed by atoms with E-state index >= 15 is 0 Å². The van der Waals surface area contributed by atoms with Crippen molar-refractivity contribution < 1.29 is 14.3 Å². The number of nitrogens with one attached hydrogen (secondary N) is 2. The Morgan fingerprint density at radius 2 is 1.71 bits per heavy atom. The highest BCUT2D eigenvalue weighted by Gasteiger charge is 2.00. The first kappa shape index (κ1) is 17.0. The molecule has 0 saturated heterocycles. The summed E-state index contributed by atoms with van der Waals surface area (Å²) in [5.41, 5.74) is 1.82. The van der Waals surface area contributed by atoms with Crippen LogP contribution >= 0.6 is 0 Å². The first-order valence-corrected chi connectivity index (χ1v) is 7.39. The van der Waals surface area contributed by atoms with Gasteiger partial charge < -0.3 is 15.4 Å². The summed E-state index contributed by atoms with van der Waals surface area (Å²) >= 11 is 0. The summed E-state index contributed by atoms with van der Waals surface area (Å²) < 4.78 is 4.87. The molecule has 5 nitrogen and oxygen atoms in total. The van der Waals surface area contributed by atoms with Gasteiger partial charge in [-0.2, -0.15) is 0 Å². The van der Waals surface area contributed by atoms with E-state index in [9.17, 15) is 9.59 Å². The highest BCUT2D eigenvalue weighted by Crippen LogP contribution is 2.13. The van der Waals surface area contributed by atoms with Crippen molar-refractivity contribution in [3.05, 3.63) is 24.3 Å². The fraction of sp³-hybridized carbons (Fsp3) is 0.500. The summed E-state index contributed by atoms with van der Waals surface area (Å²) in [6.07, 6.45) is 3.36. The third-order valence-corrected chi connectivity index (χ3v) is 2.90. The van der Waals surface area contributed by atoms with Gasteiger partial charge in [0.05, 0.1) is 6.61 Å². The number of carbonyl (C=O) groups is 2. The van der Waals surface area contributed by atoms with Crippen molar-refractivity contribution in [2.24, 2.45) is 0 Å². The minimum absolute atomic E-state index is 0.0719. The summed E-state index contributed by atoms with van der Waals surface area (Å²) in [7, 11) is 0. The number of anilines is 2. The minimum atomic E-state index is -0.112. The molecular formula is C16H24N2O3. The molecule has 5 heteroatoms. The van der Waals surface area contributed by atoms with E-state index in [0.29, 0.717) is 13.0 Å². The molecule has 0 aliphatic heterocycles. The molecule has 0 radical (unpaired) electrons.